The first kappa shape index (κ1) is 22.8. The van der Waals surface area contributed by atoms with Gasteiger partial charge in [-0.3, -0.25) is 4.79 Å². The highest BCUT2D eigenvalue weighted by molar-refractivity contribution is 5.93. The van der Waals surface area contributed by atoms with Crippen molar-refractivity contribution in [1.29, 1.82) is 0 Å². The fourth-order valence-corrected chi connectivity index (χ4v) is 3.73. The number of carbonyl (C=O) groups is 1. The molecule has 0 saturated heterocycles. The van der Waals surface area contributed by atoms with Gasteiger partial charge < -0.3 is 19.7 Å². The summed E-state index contributed by atoms with van der Waals surface area (Å²) in [5.41, 5.74) is 5.48. The van der Waals surface area contributed by atoms with Crippen molar-refractivity contribution in [3.05, 3.63) is 52.6 Å². The van der Waals surface area contributed by atoms with Gasteiger partial charge in [-0.1, -0.05) is 31.0 Å². The van der Waals surface area contributed by atoms with Gasteiger partial charge in [0.2, 0.25) is 0 Å². The van der Waals surface area contributed by atoms with Crippen LogP contribution in [0.5, 0.6) is 11.5 Å². The normalized spacial score (nSPS) is 11.8. The molecule has 0 heterocycles. The average Bonchev–Trinajstić information content (AvgIpc) is 2.68. The molecule has 1 atom stereocenters. The Balaban J connectivity index is 2.11. The summed E-state index contributed by atoms with van der Waals surface area (Å²) < 4.78 is 10.7. The van der Waals surface area contributed by atoms with Crippen molar-refractivity contribution in [2.24, 2.45) is 0 Å². The molecular weight excluding hydrogens is 364 g/mol. The third kappa shape index (κ3) is 6.50. The van der Waals surface area contributed by atoms with Crippen LogP contribution in [0.3, 0.4) is 0 Å². The number of anilines is 1. The van der Waals surface area contributed by atoms with Crippen LogP contribution >= 0.6 is 0 Å². The maximum Gasteiger partial charge on any atom is 0.279 e. The number of carbonyl (C=O) groups excluding carboxylic acids is 1. The fraction of sp³-hybridized carbons (Fsp3) is 0.458. The van der Waals surface area contributed by atoms with Crippen LogP contribution in [0.2, 0.25) is 0 Å². The number of methoxy groups -OCH3 is 2. The van der Waals surface area contributed by atoms with Crippen LogP contribution in [0.15, 0.2) is 30.3 Å². The van der Waals surface area contributed by atoms with Gasteiger partial charge in [-0.05, 0) is 56.5 Å². The molecule has 2 N–H and O–H groups in total. The van der Waals surface area contributed by atoms with Gasteiger partial charge in [0.25, 0.3) is 5.91 Å². The zero-order valence-electron chi connectivity index (χ0n) is 18.6. The van der Waals surface area contributed by atoms with Crippen LogP contribution in [-0.2, 0) is 11.3 Å². The van der Waals surface area contributed by atoms with Crippen LogP contribution in [-0.4, -0.2) is 33.2 Å². The Bertz CT molecular complexity index is 810. The molecule has 0 saturated carbocycles. The Hall–Kier alpha value is -2.53. The second-order valence-corrected chi connectivity index (χ2v) is 7.72. The van der Waals surface area contributed by atoms with E-state index in [0.717, 1.165) is 59.8 Å². The predicted molar refractivity (Wildman–Crippen MR) is 118 cm³/mol. The average molecular weight is 400 g/mol. The number of benzene rings is 2. The molecule has 2 aromatic rings. The van der Waals surface area contributed by atoms with Crippen molar-refractivity contribution in [3.63, 3.8) is 0 Å². The van der Waals surface area contributed by atoms with Gasteiger partial charge >= 0.3 is 0 Å². The third-order valence-corrected chi connectivity index (χ3v) is 5.14. The molecule has 158 valence electrons. The Morgan fingerprint density at radius 1 is 1.00 bits per heavy atom. The quantitative estimate of drug-likeness (QED) is 0.643. The Morgan fingerprint density at radius 2 is 1.66 bits per heavy atom. The number of quaternary nitrogens is 1. The standard InChI is InChI=1S/C24H34N2O3/c1-7-8-11-26(15-20-9-10-21(28-5)22(14-20)29-6)16-23(27)25-24-18(3)12-17(2)13-19(24)4/h9-10,12-14H,7-8,11,15-16H2,1-6H3,(H,25,27)/p+1. The zero-order valence-corrected chi connectivity index (χ0v) is 18.6. The molecule has 2 aromatic carbocycles. The minimum Gasteiger partial charge on any atom is -0.493 e. The summed E-state index contributed by atoms with van der Waals surface area (Å²) >= 11 is 0. The Kier molecular flexibility index (Phi) is 8.52. The van der Waals surface area contributed by atoms with E-state index in [4.69, 9.17) is 9.47 Å². The minimum absolute atomic E-state index is 0.0478. The van der Waals surface area contributed by atoms with E-state index < -0.39 is 0 Å². The first-order valence-electron chi connectivity index (χ1n) is 10.3. The van der Waals surface area contributed by atoms with Crippen LogP contribution < -0.4 is 19.7 Å². The fourth-order valence-electron chi connectivity index (χ4n) is 3.73. The van der Waals surface area contributed by atoms with Crippen molar-refractivity contribution >= 4 is 11.6 Å². The predicted octanol–water partition coefficient (Wildman–Crippen LogP) is 3.45. The Labute approximate surface area is 175 Å². The number of rotatable bonds is 10. The molecule has 0 radical (unpaired) electrons. The zero-order chi connectivity index (χ0) is 21.4. The van der Waals surface area contributed by atoms with E-state index in [1.54, 1.807) is 14.2 Å². The molecule has 2 rings (SSSR count). The molecular formula is C24H35N2O3+. The van der Waals surface area contributed by atoms with Gasteiger partial charge in [0.1, 0.15) is 6.54 Å². The van der Waals surface area contributed by atoms with Crippen molar-refractivity contribution in [2.75, 3.05) is 32.6 Å². The van der Waals surface area contributed by atoms with E-state index in [1.807, 2.05) is 32.0 Å². The highest BCUT2D eigenvalue weighted by Crippen LogP contribution is 2.27. The van der Waals surface area contributed by atoms with E-state index in [0.29, 0.717) is 6.54 Å². The van der Waals surface area contributed by atoms with Crippen molar-refractivity contribution in [1.82, 2.24) is 0 Å². The summed E-state index contributed by atoms with van der Waals surface area (Å²) in [6.45, 7) is 10.5. The van der Waals surface area contributed by atoms with Gasteiger partial charge in [0.05, 0.1) is 20.8 Å². The molecule has 0 fully saturated rings. The maximum atomic E-state index is 12.8. The first-order chi connectivity index (χ1) is 13.9. The third-order valence-electron chi connectivity index (χ3n) is 5.14. The number of aryl methyl sites for hydroxylation is 3. The van der Waals surface area contributed by atoms with Crippen LogP contribution in [0.25, 0.3) is 0 Å². The lowest BCUT2D eigenvalue weighted by Gasteiger charge is -2.20. The molecule has 0 spiro atoms. The van der Waals surface area contributed by atoms with E-state index in [2.05, 4.69) is 31.3 Å². The molecule has 1 unspecified atom stereocenters. The van der Waals surface area contributed by atoms with Crippen molar-refractivity contribution in [2.45, 2.75) is 47.1 Å². The highest BCUT2D eigenvalue weighted by Gasteiger charge is 2.17. The van der Waals surface area contributed by atoms with Gasteiger partial charge in [0.15, 0.2) is 18.0 Å². The number of hydrogen-bond donors (Lipinski definition) is 2. The number of unbranched alkanes of at least 4 members (excludes halogenated alkanes) is 1. The maximum absolute atomic E-state index is 12.8. The number of nitrogens with one attached hydrogen (secondary N) is 2. The molecule has 0 aromatic heterocycles. The SMILES string of the molecule is CCCC[NH+](CC(=O)Nc1c(C)cc(C)cc1C)Cc1ccc(OC)c(OC)c1. The topological polar surface area (TPSA) is 52.0 Å². The summed E-state index contributed by atoms with van der Waals surface area (Å²) in [5.74, 6) is 1.48. The lowest BCUT2D eigenvalue weighted by Crippen LogP contribution is -3.11. The van der Waals surface area contributed by atoms with Crippen LogP contribution in [0, 0.1) is 20.8 Å². The molecule has 0 aliphatic carbocycles. The van der Waals surface area contributed by atoms with Crippen molar-refractivity contribution < 1.29 is 19.2 Å². The minimum atomic E-state index is 0.0478. The van der Waals surface area contributed by atoms with Crippen LogP contribution in [0.1, 0.15) is 42.0 Å². The van der Waals surface area contributed by atoms with E-state index in [-0.39, 0.29) is 5.91 Å². The molecule has 29 heavy (non-hydrogen) atoms. The Morgan fingerprint density at radius 3 is 2.24 bits per heavy atom. The second kappa shape index (κ2) is 10.9. The first-order valence-corrected chi connectivity index (χ1v) is 10.3. The van der Waals surface area contributed by atoms with Gasteiger partial charge in [-0.2, -0.15) is 0 Å². The summed E-state index contributed by atoms with van der Waals surface area (Å²) in [6.07, 6.45) is 2.19. The summed E-state index contributed by atoms with van der Waals surface area (Å²) in [4.78, 5) is 14.0. The monoisotopic (exact) mass is 399 g/mol. The largest absolute Gasteiger partial charge is 0.493 e. The van der Waals surface area contributed by atoms with Crippen molar-refractivity contribution in [3.8, 4) is 11.5 Å². The molecule has 0 bridgehead atoms. The van der Waals surface area contributed by atoms with Gasteiger partial charge in [0, 0.05) is 11.3 Å². The lowest BCUT2D eigenvalue weighted by molar-refractivity contribution is -0.906. The second-order valence-electron chi connectivity index (χ2n) is 7.72. The number of amides is 1. The molecule has 1 amide bonds. The highest BCUT2D eigenvalue weighted by atomic mass is 16.5. The van der Waals surface area contributed by atoms with E-state index in [9.17, 15) is 4.79 Å². The number of ether oxygens (including phenoxy) is 2. The number of hydrogen-bond acceptors (Lipinski definition) is 3. The summed E-state index contributed by atoms with van der Waals surface area (Å²) in [7, 11) is 3.28. The van der Waals surface area contributed by atoms with E-state index in [1.165, 1.54) is 10.5 Å². The smallest absolute Gasteiger partial charge is 0.279 e. The molecule has 0 aliphatic rings. The van der Waals surface area contributed by atoms with Crippen LogP contribution in [0.4, 0.5) is 5.69 Å². The summed E-state index contributed by atoms with van der Waals surface area (Å²) in [5, 5.41) is 3.13. The molecule has 0 aliphatic heterocycles. The van der Waals surface area contributed by atoms with Gasteiger partial charge in [-0.25, -0.2) is 0 Å². The summed E-state index contributed by atoms with van der Waals surface area (Å²) in [6, 6.07) is 10.2. The van der Waals surface area contributed by atoms with Gasteiger partial charge in [-0.15, -0.1) is 0 Å². The molecule has 5 heteroatoms. The molecule has 5 nitrogen and oxygen atoms in total. The van der Waals surface area contributed by atoms with E-state index >= 15 is 0 Å². The lowest BCUT2D eigenvalue weighted by atomic mass is 10.1.